The van der Waals surface area contributed by atoms with Crippen LogP contribution in [0, 0.1) is 5.82 Å². The quantitative estimate of drug-likeness (QED) is 0.150. The topological polar surface area (TPSA) is 89.0 Å². The van der Waals surface area contributed by atoms with E-state index in [0.29, 0.717) is 28.7 Å². The number of amides is 1. The number of aromatic nitrogens is 3. The first-order chi connectivity index (χ1) is 21.5. The zero-order valence-corrected chi connectivity index (χ0v) is 24.8. The molecule has 0 unspecified atom stereocenters. The van der Waals surface area contributed by atoms with Gasteiger partial charge in [0.1, 0.15) is 30.3 Å². The Balaban J connectivity index is 1.13. The van der Waals surface area contributed by atoms with E-state index in [1.165, 1.54) is 24.5 Å². The molecule has 7 nitrogen and oxygen atoms in total. The molecule has 3 heterocycles. The molecule has 0 radical (unpaired) electrons. The molecule has 0 spiro atoms. The van der Waals surface area contributed by atoms with E-state index in [-0.39, 0.29) is 18.3 Å². The van der Waals surface area contributed by atoms with Crippen molar-refractivity contribution in [1.82, 2.24) is 20.3 Å². The third-order valence-electron chi connectivity index (χ3n) is 6.61. The molecule has 3 aromatic heterocycles. The number of rotatable bonds is 10. The van der Waals surface area contributed by atoms with Crippen LogP contribution in [0.2, 0.25) is 5.02 Å². The first kappa shape index (κ1) is 29.0. The summed E-state index contributed by atoms with van der Waals surface area (Å²) in [7, 11) is 0. The maximum Gasteiger partial charge on any atom is 0.244 e. The maximum atomic E-state index is 13.5. The maximum absolute atomic E-state index is 13.5. The predicted molar refractivity (Wildman–Crippen MR) is 173 cm³/mol. The van der Waals surface area contributed by atoms with E-state index in [0.717, 1.165) is 37.5 Å². The lowest BCUT2D eigenvalue weighted by Gasteiger charge is -2.12. The van der Waals surface area contributed by atoms with Crippen LogP contribution < -0.4 is 15.4 Å². The predicted octanol–water partition coefficient (Wildman–Crippen LogP) is 8.20. The Labute approximate surface area is 262 Å². The van der Waals surface area contributed by atoms with Gasteiger partial charge in [0.05, 0.1) is 17.1 Å². The van der Waals surface area contributed by atoms with Gasteiger partial charge in [0.15, 0.2) is 0 Å². The van der Waals surface area contributed by atoms with Crippen molar-refractivity contribution in [2.24, 2.45) is 0 Å². The molecule has 0 atom stereocenters. The molecule has 0 aliphatic rings. The van der Waals surface area contributed by atoms with Gasteiger partial charge >= 0.3 is 0 Å². The standard InChI is InChI=1S/C34H25ClFN5O2S/c35-29-17-26(8-11-31(29)43-20-23-3-1-5-25(36)15-23)41-34-28-16-24(7-10-30(28)39-21-40-34)32-12-9-27(44-32)19-38-33(42)13-6-22-4-2-14-37-18-22/h1-18,21H,19-20H2,(H,38,42)(H,39,40,41)/b13-6+. The van der Waals surface area contributed by atoms with Crippen LogP contribution in [0.15, 0.2) is 110 Å². The summed E-state index contributed by atoms with van der Waals surface area (Å²) in [4.78, 5) is 27.3. The molecule has 6 aromatic rings. The number of pyridine rings is 1. The SMILES string of the molecule is O=C(/C=C/c1cccnc1)NCc1ccc(-c2ccc3ncnc(Nc4ccc(OCc5cccc(F)c5)c(Cl)c4)c3c2)s1. The Bertz CT molecular complexity index is 1970. The zero-order chi connectivity index (χ0) is 30.3. The van der Waals surface area contributed by atoms with Crippen LogP contribution in [0.25, 0.3) is 27.4 Å². The van der Waals surface area contributed by atoms with Crippen LogP contribution in [-0.4, -0.2) is 20.9 Å². The summed E-state index contributed by atoms with van der Waals surface area (Å²) in [5.41, 5.74) is 4.10. The van der Waals surface area contributed by atoms with E-state index in [1.807, 2.05) is 48.5 Å². The molecule has 0 aliphatic carbocycles. The van der Waals surface area contributed by atoms with Crippen molar-refractivity contribution in [1.29, 1.82) is 0 Å². The van der Waals surface area contributed by atoms with Gasteiger partial charge in [0, 0.05) is 39.3 Å². The highest BCUT2D eigenvalue weighted by molar-refractivity contribution is 7.15. The number of halogens is 2. The molecule has 3 aromatic carbocycles. The molecular weight excluding hydrogens is 597 g/mol. The van der Waals surface area contributed by atoms with E-state index < -0.39 is 0 Å². The number of fused-ring (bicyclic) bond motifs is 1. The van der Waals surface area contributed by atoms with Gasteiger partial charge in [-0.25, -0.2) is 14.4 Å². The number of anilines is 2. The van der Waals surface area contributed by atoms with Crippen molar-refractivity contribution in [3.63, 3.8) is 0 Å². The van der Waals surface area contributed by atoms with Crippen LogP contribution in [-0.2, 0) is 17.9 Å². The smallest absolute Gasteiger partial charge is 0.244 e. The van der Waals surface area contributed by atoms with Crippen molar-refractivity contribution in [3.8, 4) is 16.2 Å². The number of hydrogen-bond acceptors (Lipinski definition) is 7. The van der Waals surface area contributed by atoms with Crippen molar-refractivity contribution < 1.29 is 13.9 Å². The van der Waals surface area contributed by atoms with Gasteiger partial charge < -0.3 is 15.4 Å². The van der Waals surface area contributed by atoms with Gasteiger partial charge in [-0.15, -0.1) is 11.3 Å². The number of nitrogens with zero attached hydrogens (tertiary/aromatic N) is 3. The second kappa shape index (κ2) is 13.5. The Hall–Kier alpha value is -5.12. The Morgan fingerprint density at radius 1 is 1.00 bits per heavy atom. The van der Waals surface area contributed by atoms with Crippen molar-refractivity contribution >= 4 is 57.3 Å². The zero-order valence-electron chi connectivity index (χ0n) is 23.2. The first-order valence-electron chi connectivity index (χ1n) is 13.6. The highest BCUT2D eigenvalue weighted by Crippen LogP contribution is 2.34. The van der Waals surface area contributed by atoms with Crippen LogP contribution in [0.1, 0.15) is 16.0 Å². The molecule has 2 N–H and O–H groups in total. The lowest BCUT2D eigenvalue weighted by molar-refractivity contribution is -0.116. The lowest BCUT2D eigenvalue weighted by Crippen LogP contribution is -2.19. The number of nitrogens with one attached hydrogen (secondary N) is 2. The summed E-state index contributed by atoms with van der Waals surface area (Å²) < 4.78 is 19.3. The van der Waals surface area contributed by atoms with E-state index in [4.69, 9.17) is 16.3 Å². The molecule has 6 rings (SSSR count). The molecule has 0 aliphatic heterocycles. The number of thiophene rings is 1. The monoisotopic (exact) mass is 621 g/mol. The Kier molecular flexibility index (Phi) is 8.86. The van der Waals surface area contributed by atoms with Crippen LogP contribution >= 0.6 is 22.9 Å². The minimum Gasteiger partial charge on any atom is -0.487 e. The Morgan fingerprint density at radius 2 is 1.93 bits per heavy atom. The molecule has 0 saturated carbocycles. The second-order valence-corrected chi connectivity index (χ2v) is 11.3. The summed E-state index contributed by atoms with van der Waals surface area (Å²) in [6.07, 6.45) is 8.14. The fourth-order valence-corrected chi connectivity index (χ4v) is 5.62. The fraction of sp³-hybridized carbons (Fsp3) is 0.0588. The third-order valence-corrected chi connectivity index (χ3v) is 8.04. The van der Waals surface area contributed by atoms with Gasteiger partial charge in [-0.1, -0.05) is 35.9 Å². The normalized spacial score (nSPS) is 11.1. The van der Waals surface area contributed by atoms with Gasteiger partial charge in [-0.3, -0.25) is 9.78 Å². The molecule has 10 heteroatoms. The van der Waals surface area contributed by atoms with Crippen LogP contribution in [0.5, 0.6) is 5.75 Å². The second-order valence-electron chi connectivity index (χ2n) is 9.75. The van der Waals surface area contributed by atoms with Crippen molar-refractivity contribution in [3.05, 3.63) is 137 Å². The minimum absolute atomic E-state index is 0.173. The van der Waals surface area contributed by atoms with Crippen LogP contribution in [0.3, 0.4) is 0 Å². The van der Waals surface area contributed by atoms with Crippen molar-refractivity contribution in [2.45, 2.75) is 13.2 Å². The number of ether oxygens (including phenoxy) is 1. The van der Waals surface area contributed by atoms with E-state index in [2.05, 4.69) is 25.6 Å². The summed E-state index contributed by atoms with van der Waals surface area (Å²) in [5, 5.41) is 7.52. The first-order valence-corrected chi connectivity index (χ1v) is 14.8. The number of hydrogen-bond donors (Lipinski definition) is 2. The molecule has 1 amide bonds. The largest absolute Gasteiger partial charge is 0.487 e. The van der Waals surface area contributed by atoms with Gasteiger partial charge in [-0.05, 0) is 83.4 Å². The highest BCUT2D eigenvalue weighted by Gasteiger charge is 2.11. The summed E-state index contributed by atoms with van der Waals surface area (Å²) in [6.45, 7) is 0.622. The molecule has 218 valence electrons. The number of carbonyl (C=O) groups is 1. The molecule has 44 heavy (non-hydrogen) atoms. The summed E-state index contributed by atoms with van der Waals surface area (Å²) in [6, 6.07) is 25.4. The number of carbonyl (C=O) groups excluding carboxylic acids is 1. The molecular formula is C34H25ClFN5O2S. The number of benzene rings is 3. The minimum atomic E-state index is -0.314. The van der Waals surface area contributed by atoms with Gasteiger partial charge in [-0.2, -0.15) is 0 Å². The van der Waals surface area contributed by atoms with E-state index in [9.17, 15) is 9.18 Å². The average Bonchev–Trinajstić information content (AvgIpc) is 3.52. The van der Waals surface area contributed by atoms with Gasteiger partial charge in [0.25, 0.3) is 0 Å². The van der Waals surface area contributed by atoms with Gasteiger partial charge in [0.2, 0.25) is 5.91 Å². The average molecular weight is 622 g/mol. The fourth-order valence-electron chi connectivity index (χ4n) is 4.44. The van der Waals surface area contributed by atoms with Crippen molar-refractivity contribution in [2.75, 3.05) is 5.32 Å². The Morgan fingerprint density at radius 3 is 2.77 bits per heavy atom. The lowest BCUT2D eigenvalue weighted by atomic mass is 10.1. The van der Waals surface area contributed by atoms with Crippen LogP contribution in [0.4, 0.5) is 15.9 Å². The summed E-state index contributed by atoms with van der Waals surface area (Å²) >= 11 is 8.11. The molecule has 0 fully saturated rings. The molecule has 0 bridgehead atoms. The summed E-state index contributed by atoms with van der Waals surface area (Å²) in [5.74, 6) is 0.635. The van der Waals surface area contributed by atoms with E-state index in [1.54, 1.807) is 54.1 Å². The molecule has 0 saturated heterocycles. The third kappa shape index (κ3) is 7.26. The highest BCUT2D eigenvalue weighted by atomic mass is 35.5. The van der Waals surface area contributed by atoms with E-state index >= 15 is 0 Å².